The second-order valence-corrected chi connectivity index (χ2v) is 6.97. The molecule has 9 heteroatoms. The van der Waals surface area contributed by atoms with Crippen molar-refractivity contribution in [3.63, 3.8) is 0 Å². The number of alkyl halides is 3. The molecule has 0 saturated heterocycles. The first-order chi connectivity index (χ1) is 13.0. The van der Waals surface area contributed by atoms with Gasteiger partial charge in [-0.15, -0.1) is 0 Å². The van der Waals surface area contributed by atoms with Crippen molar-refractivity contribution in [3.05, 3.63) is 52.8 Å². The average Bonchev–Trinajstić information content (AvgIpc) is 2.93. The number of hydrogen-bond donors (Lipinski definition) is 1. The fourth-order valence-electron chi connectivity index (χ4n) is 2.74. The van der Waals surface area contributed by atoms with Crippen molar-refractivity contribution < 1.29 is 27.9 Å². The number of aliphatic carboxylic acids is 1. The molecule has 0 spiro atoms. The third-order valence-electron chi connectivity index (χ3n) is 4.14. The SMILES string of the molecule is Cc1c(C(=O)N(CC(=O)O)Cc2ccc(C(F)(F)F)cc2)cnn1CC(C)C. The molecule has 0 fully saturated rings. The van der Waals surface area contributed by atoms with E-state index < -0.39 is 30.2 Å². The van der Waals surface area contributed by atoms with Gasteiger partial charge in [0, 0.05) is 18.8 Å². The van der Waals surface area contributed by atoms with Gasteiger partial charge < -0.3 is 10.0 Å². The summed E-state index contributed by atoms with van der Waals surface area (Å²) in [5.41, 5.74) is 0.475. The van der Waals surface area contributed by atoms with Crippen LogP contribution < -0.4 is 0 Å². The summed E-state index contributed by atoms with van der Waals surface area (Å²) in [7, 11) is 0. The topological polar surface area (TPSA) is 75.4 Å². The van der Waals surface area contributed by atoms with E-state index in [1.54, 1.807) is 11.6 Å². The molecule has 1 aromatic carbocycles. The van der Waals surface area contributed by atoms with Gasteiger partial charge in [-0.1, -0.05) is 26.0 Å². The smallest absolute Gasteiger partial charge is 0.416 e. The summed E-state index contributed by atoms with van der Waals surface area (Å²) in [5, 5.41) is 13.3. The lowest BCUT2D eigenvalue weighted by molar-refractivity contribution is -0.138. The van der Waals surface area contributed by atoms with Crippen LogP contribution in [0.25, 0.3) is 0 Å². The van der Waals surface area contributed by atoms with E-state index in [-0.39, 0.29) is 12.1 Å². The quantitative estimate of drug-likeness (QED) is 0.775. The number of aromatic nitrogens is 2. The van der Waals surface area contributed by atoms with Crippen molar-refractivity contribution in [2.75, 3.05) is 6.54 Å². The van der Waals surface area contributed by atoms with Crippen LogP contribution in [0.15, 0.2) is 30.5 Å². The minimum absolute atomic E-state index is 0.127. The molecule has 0 saturated carbocycles. The highest BCUT2D eigenvalue weighted by atomic mass is 19.4. The van der Waals surface area contributed by atoms with E-state index in [1.165, 1.54) is 18.3 Å². The molecular formula is C19H22F3N3O3. The molecule has 0 atom stereocenters. The molecule has 152 valence electrons. The summed E-state index contributed by atoms with van der Waals surface area (Å²) in [6.45, 7) is 5.64. The normalized spacial score (nSPS) is 11.7. The monoisotopic (exact) mass is 397 g/mol. The average molecular weight is 397 g/mol. The van der Waals surface area contributed by atoms with Crippen molar-refractivity contribution in [2.45, 2.75) is 40.0 Å². The van der Waals surface area contributed by atoms with Gasteiger partial charge in [-0.05, 0) is 30.5 Å². The van der Waals surface area contributed by atoms with Crippen LogP contribution in [-0.2, 0) is 24.1 Å². The molecule has 2 rings (SSSR count). The van der Waals surface area contributed by atoms with E-state index in [1.807, 2.05) is 13.8 Å². The molecule has 28 heavy (non-hydrogen) atoms. The number of benzene rings is 1. The summed E-state index contributed by atoms with van der Waals surface area (Å²) in [6, 6.07) is 4.29. The number of rotatable bonds is 7. The fraction of sp³-hybridized carbons (Fsp3) is 0.421. The Bertz CT molecular complexity index is 842. The van der Waals surface area contributed by atoms with Crippen LogP contribution in [0.2, 0.25) is 0 Å². The van der Waals surface area contributed by atoms with E-state index in [9.17, 15) is 22.8 Å². The molecule has 0 aliphatic rings. The molecule has 0 aliphatic carbocycles. The number of hydrogen-bond acceptors (Lipinski definition) is 3. The second-order valence-electron chi connectivity index (χ2n) is 6.97. The number of amides is 1. The Morgan fingerprint density at radius 1 is 1.21 bits per heavy atom. The minimum Gasteiger partial charge on any atom is -0.480 e. The molecular weight excluding hydrogens is 375 g/mol. The lowest BCUT2D eigenvalue weighted by Crippen LogP contribution is -2.35. The van der Waals surface area contributed by atoms with Crippen molar-refractivity contribution in [1.29, 1.82) is 0 Å². The number of carbonyl (C=O) groups is 2. The predicted octanol–water partition coefficient (Wildman–Crippen LogP) is 3.59. The number of carbonyl (C=O) groups excluding carboxylic acids is 1. The summed E-state index contributed by atoms with van der Waals surface area (Å²) in [5.74, 6) is -1.44. The van der Waals surface area contributed by atoms with Crippen LogP contribution in [0.4, 0.5) is 13.2 Å². The van der Waals surface area contributed by atoms with E-state index in [4.69, 9.17) is 5.11 Å². The van der Waals surface area contributed by atoms with E-state index >= 15 is 0 Å². The van der Waals surface area contributed by atoms with Crippen LogP contribution in [0.1, 0.15) is 41.0 Å². The van der Waals surface area contributed by atoms with Crippen molar-refractivity contribution in [3.8, 4) is 0 Å². The lowest BCUT2D eigenvalue weighted by atomic mass is 10.1. The van der Waals surface area contributed by atoms with E-state index in [0.29, 0.717) is 23.7 Å². The standard InChI is InChI=1S/C19H22F3N3O3/c1-12(2)9-25-13(3)16(8-23-25)18(28)24(11-17(26)27)10-14-4-6-15(7-5-14)19(20,21)22/h4-8,12H,9-11H2,1-3H3,(H,26,27). The molecule has 1 N–H and O–H groups in total. The molecule has 0 aliphatic heterocycles. The first-order valence-corrected chi connectivity index (χ1v) is 8.68. The molecule has 1 heterocycles. The summed E-state index contributed by atoms with van der Waals surface area (Å²) >= 11 is 0. The Morgan fingerprint density at radius 3 is 2.32 bits per heavy atom. The summed E-state index contributed by atoms with van der Waals surface area (Å²) in [6.07, 6.45) is -3.07. The molecule has 1 amide bonds. The third kappa shape index (κ3) is 5.34. The third-order valence-corrected chi connectivity index (χ3v) is 4.14. The fourth-order valence-corrected chi connectivity index (χ4v) is 2.74. The van der Waals surface area contributed by atoms with Crippen LogP contribution in [0, 0.1) is 12.8 Å². The number of nitrogens with zero attached hydrogens (tertiary/aromatic N) is 3. The highest BCUT2D eigenvalue weighted by Crippen LogP contribution is 2.29. The lowest BCUT2D eigenvalue weighted by Gasteiger charge is -2.21. The van der Waals surface area contributed by atoms with Crippen molar-refractivity contribution in [1.82, 2.24) is 14.7 Å². The Hall–Kier alpha value is -2.84. The molecule has 0 radical (unpaired) electrons. The Kier molecular flexibility index (Phi) is 6.48. The molecule has 1 aromatic heterocycles. The highest BCUT2D eigenvalue weighted by molar-refractivity contribution is 5.96. The number of halogens is 3. The second kappa shape index (κ2) is 8.45. The maximum atomic E-state index is 12.9. The van der Waals surface area contributed by atoms with Crippen molar-refractivity contribution in [2.24, 2.45) is 5.92 Å². The predicted molar refractivity (Wildman–Crippen MR) is 95.6 cm³/mol. The highest BCUT2D eigenvalue weighted by Gasteiger charge is 2.30. The maximum absolute atomic E-state index is 12.9. The molecule has 0 unspecified atom stereocenters. The first-order valence-electron chi connectivity index (χ1n) is 8.68. The Morgan fingerprint density at radius 2 is 1.82 bits per heavy atom. The largest absolute Gasteiger partial charge is 0.480 e. The first kappa shape index (κ1) is 21.5. The van der Waals surface area contributed by atoms with Gasteiger partial charge in [0.1, 0.15) is 6.54 Å². The van der Waals surface area contributed by atoms with Crippen molar-refractivity contribution >= 4 is 11.9 Å². The van der Waals surface area contributed by atoms with Crippen LogP contribution >= 0.6 is 0 Å². The zero-order valence-electron chi connectivity index (χ0n) is 15.8. The van der Waals surface area contributed by atoms with Gasteiger partial charge in [-0.2, -0.15) is 18.3 Å². The van der Waals surface area contributed by atoms with Gasteiger partial charge in [0.25, 0.3) is 5.91 Å². The molecule has 2 aromatic rings. The van der Waals surface area contributed by atoms with E-state index in [2.05, 4.69) is 5.10 Å². The van der Waals surface area contributed by atoms with Gasteiger partial charge in [0.15, 0.2) is 0 Å². The zero-order valence-corrected chi connectivity index (χ0v) is 15.8. The summed E-state index contributed by atoms with van der Waals surface area (Å²) in [4.78, 5) is 25.1. The minimum atomic E-state index is -4.46. The van der Waals surface area contributed by atoms with Crippen LogP contribution in [0.3, 0.4) is 0 Å². The maximum Gasteiger partial charge on any atom is 0.416 e. The zero-order chi connectivity index (χ0) is 21.1. The van der Waals surface area contributed by atoms with Crippen LogP contribution in [-0.4, -0.2) is 38.2 Å². The molecule has 6 nitrogen and oxygen atoms in total. The van der Waals surface area contributed by atoms with Gasteiger partial charge in [-0.25, -0.2) is 0 Å². The van der Waals surface area contributed by atoms with Gasteiger partial charge in [0.2, 0.25) is 0 Å². The van der Waals surface area contributed by atoms with E-state index in [0.717, 1.165) is 17.0 Å². The number of carboxylic acid groups (broad SMARTS) is 1. The Labute approximate surface area is 160 Å². The molecule has 0 bridgehead atoms. The van der Waals surface area contributed by atoms with Gasteiger partial charge in [0.05, 0.1) is 17.3 Å². The summed E-state index contributed by atoms with van der Waals surface area (Å²) < 4.78 is 39.7. The number of carboxylic acids is 1. The van der Waals surface area contributed by atoms with Gasteiger partial charge in [-0.3, -0.25) is 14.3 Å². The van der Waals surface area contributed by atoms with Gasteiger partial charge >= 0.3 is 12.1 Å². The Balaban J connectivity index is 2.25. The van der Waals surface area contributed by atoms with Crippen LogP contribution in [0.5, 0.6) is 0 Å².